The van der Waals surface area contributed by atoms with Gasteiger partial charge in [0.1, 0.15) is 0 Å². The summed E-state index contributed by atoms with van der Waals surface area (Å²) >= 11 is 0. The number of nitrogens with zero attached hydrogens (tertiary/aromatic N) is 2. The van der Waals surface area contributed by atoms with Crippen LogP contribution in [-0.4, -0.2) is 16.3 Å². The van der Waals surface area contributed by atoms with Crippen LogP contribution in [0.2, 0.25) is 0 Å². The molecule has 0 amide bonds. The highest BCUT2D eigenvalue weighted by atomic mass is 16.1. The molecule has 108 valence electrons. The summed E-state index contributed by atoms with van der Waals surface area (Å²) in [6.07, 6.45) is 4.52. The van der Waals surface area contributed by atoms with Gasteiger partial charge in [-0.25, -0.2) is 4.68 Å². The van der Waals surface area contributed by atoms with Gasteiger partial charge < -0.3 is 5.32 Å². The van der Waals surface area contributed by atoms with Crippen molar-refractivity contribution in [3.63, 3.8) is 0 Å². The molecule has 0 spiro atoms. The highest BCUT2D eigenvalue weighted by Gasteiger charge is 2.14. The van der Waals surface area contributed by atoms with E-state index in [1.54, 1.807) is 10.7 Å². The molecular formula is C17H19N3O. The molecule has 2 aliphatic rings. The van der Waals surface area contributed by atoms with Crippen molar-refractivity contribution in [1.82, 2.24) is 15.1 Å². The van der Waals surface area contributed by atoms with Crippen molar-refractivity contribution in [2.75, 3.05) is 6.54 Å². The van der Waals surface area contributed by atoms with Gasteiger partial charge in [-0.2, -0.15) is 5.10 Å². The summed E-state index contributed by atoms with van der Waals surface area (Å²) in [6, 6.07) is 8.34. The maximum Gasteiger partial charge on any atom is 0.267 e. The zero-order valence-electron chi connectivity index (χ0n) is 12.1. The van der Waals surface area contributed by atoms with Crippen LogP contribution in [0.3, 0.4) is 0 Å². The van der Waals surface area contributed by atoms with Gasteiger partial charge in [-0.05, 0) is 41.5 Å². The predicted octanol–water partition coefficient (Wildman–Crippen LogP) is 1.43. The topological polar surface area (TPSA) is 46.9 Å². The number of rotatable bonds is 2. The monoisotopic (exact) mass is 281 g/mol. The fraction of sp³-hybridized carbons (Fsp3) is 0.412. The van der Waals surface area contributed by atoms with Gasteiger partial charge in [-0.3, -0.25) is 4.79 Å². The van der Waals surface area contributed by atoms with Crippen LogP contribution in [0.15, 0.2) is 29.1 Å². The van der Waals surface area contributed by atoms with E-state index in [1.165, 1.54) is 36.0 Å². The molecule has 4 nitrogen and oxygen atoms in total. The second-order valence-electron chi connectivity index (χ2n) is 6.00. The Hall–Kier alpha value is -1.94. The predicted molar refractivity (Wildman–Crippen MR) is 81.5 cm³/mol. The van der Waals surface area contributed by atoms with E-state index in [4.69, 9.17) is 0 Å². The lowest BCUT2D eigenvalue weighted by Gasteiger charge is -2.17. The Balaban J connectivity index is 1.66. The van der Waals surface area contributed by atoms with Gasteiger partial charge in [0, 0.05) is 25.6 Å². The minimum atomic E-state index is -0.00190. The van der Waals surface area contributed by atoms with Crippen molar-refractivity contribution in [2.45, 2.75) is 38.8 Å². The van der Waals surface area contributed by atoms with Gasteiger partial charge in [0.15, 0.2) is 0 Å². The molecule has 0 bridgehead atoms. The number of hydrogen-bond acceptors (Lipinski definition) is 3. The fourth-order valence-electron chi connectivity index (χ4n) is 3.37. The molecule has 1 N–H and O–H groups in total. The average molecular weight is 281 g/mol. The highest BCUT2D eigenvalue weighted by Crippen LogP contribution is 2.23. The third kappa shape index (κ3) is 2.40. The Morgan fingerprint density at radius 1 is 1.10 bits per heavy atom. The number of aromatic nitrogens is 2. The summed E-state index contributed by atoms with van der Waals surface area (Å²) in [5.41, 5.74) is 6.21. The van der Waals surface area contributed by atoms with E-state index in [-0.39, 0.29) is 5.56 Å². The minimum Gasteiger partial charge on any atom is -0.312 e. The number of aryl methyl sites for hydroxylation is 2. The summed E-state index contributed by atoms with van der Waals surface area (Å²) in [5, 5.41) is 7.84. The summed E-state index contributed by atoms with van der Waals surface area (Å²) in [4.78, 5) is 12.2. The van der Waals surface area contributed by atoms with Crippen molar-refractivity contribution in [3.8, 4) is 0 Å². The molecule has 2 aromatic rings. The normalized spacial score (nSPS) is 16.6. The maximum atomic E-state index is 12.2. The average Bonchev–Trinajstić information content (AvgIpc) is 2.95. The lowest BCUT2D eigenvalue weighted by atomic mass is 10.1. The number of benzene rings is 1. The Kier molecular flexibility index (Phi) is 3.11. The first-order chi connectivity index (χ1) is 10.3. The van der Waals surface area contributed by atoms with Crippen LogP contribution in [0, 0.1) is 0 Å². The lowest BCUT2D eigenvalue weighted by Crippen LogP contribution is -2.31. The standard InChI is InChI=1S/C17H19N3O/c21-17-9-15-10-18-7-6-16(15)19-20(17)11-12-4-5-13-2-1-3-14(13)8-12/h4-5,8-9,18H,1-3,6-7,10-11H2. The molecule has 21 heavy (non-hydrogen) atoms. The van der Waals surface area contributed by atoms with Crippen LogP contribution in [0.4, 0.5) is 0 Å². The Labute approximate surface area is 123 Å². The third-order valence-corrected chi connectivity index (χ3v) is 4.51. The number of hydrogen-bond donors (Lipinski definition) is 1. The molecular weight excluding hydrogens is 262 g/mol. The number of nitrogens with one attached hydrogen (secondary N) is 1. The molecule has 0 radical (unpaired) electrons. The summed E-state index contributed by atoms with van der Waals surface area (Å²) in [7, 11) is 0. The molecule has 0 fully saturated rings. The Morgan fingerprint density at radius 2 is 2.00 bits per heavy atom. The van der Waals surface area contributed by atoms with Crippen molar-refractivity contribution in [3.05, 3.63) is 62.6 Å². The molecule has 0 atom stereocenters. The first kappa shape index (κ1) is 12.8. The molecule has 4 rings (SSSR count). The zero-order valence-corrected chi connectivity index (χ0v) is 12.1. The fourth-order valence-corrected chi connectivity index (χ4v) is 3.37. The second kappa shape index (κ2) is 5.11. The molecule has 0 saturated carbocycles. The van der Waals surface area contributed by atoms with E-state index < -0.39 is 0 Å². The largest absolute Gasteiger partial charge is 0.312 e. The van der Waals surface area contributed by atoms with Crippen LogP contribution >= 0.6 is 0 Å². The van der Waals surface area contributed by atoms with Gasteiger partial charge in [0.05, 0.1) is 12.2 Å². The molecule has 1 aromatic carbocycles. The van der Waals surface area contributed by atoms with Crippen molar-refractivity contribution < 1.29 is 0 Å². The van der Waals surface area contributed by atoms with Gasteiger partial charge in [-0.15, -0.1) is 0 Å². The number of fused-ring (bicyclic) bond motifs is 2. The SMILES string of the molecule is O=c1cc2c(nn1Cc1ccc3c(c1)CCC3)CCNC2. The molecule has 0 saturated heterocycles. The van der Waals surface area contributed by atoms with Crippen LogP contribution in [-0.2, 0) is 32.4 Å². The van der Waals surface area contributed by atoms with Crippen molar-refractivity contribution in [2.24, 2.45) is 0 Å². The lowest BCUT2D eigenvalue weighted by molar-refractivity contribution is 0.562. The third-order valence-electron chi connectivity index (χ3n) is 4.51. The van der Waals surface area contributed by atoms with Crippen LogP contribution in [0.25, 0.3) is 0 Å². The van der Waals surface area contributed by atoms with E-state index in [1.807, 2.05) is 0 Å². The Bertz CT molecular complexity index is 748. The first-order valence-electron chi connectivity index (χ1n) is 7.71. The molecule has 4 heteroatoms. The molecule has 1 aromatic heterocycles. The van der Waals surface area contributed by atoms with E-state index in [0.717, 1.165) is 30.8 Å². The molecule has 1 aliphatic carbocycles. The zero-order chi connectivity index (χ0) is 14.2. The summed E-state index contributed by atoms with van der Waals surface area (Å²) < 4.78 is 1.61. The van der Waals surface area contributed by atoms with Crippen LogP contribution in [0.1, 0.15) is 34.4 Å². The molecule has 2 heterocycles. The highest BCUT2D eigenvalue weighted by molar-refractivity contribution is 5.35. The van der Waals surface area contributed by atoms with Crippen LogP contribution < -0.4 is 10.9 Å². The maximum absolute atomic E-state index is 12.2. The van der Waals surface area contributed by atoms with Gasteiger partial charge in [-0.1, -0.05) is 18.2 Å². The van der Waals surface area contributed by atoms with E-state index in [2.05, 4.69) is 28.6 Å². The van der Waals surface area contributed by atoms with Crippen LogP contribution in [0.5, 0.6) is 0 Å². The smallest absolute Gasteiger partial charge is 0.267 e. The van der Waals surface area contributed by atoms with Gasteiger partial charge >= 0.3 is 0 Å². The molecule has 1 aliphatic heterocycles. The van der Waals surface area contributed by atoms with E-state index >= 15 is 0 Å². The van der Waals surface area contributed by atoms with Crippen molar-refractivity contribution in [1.29, 1.82) is 0 Å². The first-order valence-corrected chi connectivity index (χ1v) is 7.71. The van der Waals surface area contributed by atoms with E-state index in [9.17, 15) is 4.79 Å². The summed E-state index contributed by atoms with van der Waals surface area (Å²) in [6.45, 7) is 2.28. The Morgan fingerprint density at radius 3 is 2.95 bits per heavy atom. The molecule has 0 unspecified atom stereocenters. The minimum absolute atomic E-state index is 0.00190. The summed E-state index contributed by atoms with van der Waals surface area (Å²) in [5.74, 6) is 0. The van der Waals surface area contributed by atoms with Gasteiger partial charge in [0.25, 0.3) is 5.56 Å². The quantitative estimate of drug-likeness (QED) is 0.906. The second-order valence-corrected chi connectivity index (χ2v) is 6.00. The van der Waals surface area contributed by atoms with Gasteiger partial charge in [0.2, 0.25) is 0 Å². The van der Waals surface area contributed by atoms with Crippen molar-refractivity contribution >= 4 is 0 Å². The van der Waals surface area contributed by atoms with E-state index in [0.29, 0.717) is 6.54 Å².